The molecule has 1 heterocycles. The number of hydrogen-bond acceptors (Lipinski definition) is 10. The van der Waals surface area contributed by atoms with Crippen LogP contribution in [0.2, 0.25) is 0 Å². The zero-order valence-corrected chi connectivity index (χ0v) is 41.9. The molecule has 12 nitrogen and oxygen atoms in total. The zero-order valence-electron chi connectivity index (χ0n) is 41.0. The van der Waals surface area contributed by atoms with E-state index in [2.05, 4.69) is 33.8 Å². The number of ether oxygens (including phenoxy) is 2. The van der Waals surface area contributed by atoms with E-state index in [0.717, 1.165) is 77.0 Å². The smallest absolute Gasteiger partial charge is 0.466 e. The first-order valence-corrected chi connectivity index (χ1v) is 26.4. The Hall–Kier alpha value is -2.05. The summed E-state index contributed by atoms with van der Waals surface area (Å²) in [7, 11) is 1.38. The average molecular weight is 915 g/mol. The maximum Gasteiger partial charge on any atom is 0.472 e. The molecule has 63 heavy (non-hydrogen) atoms. The lowest BCUT2D eigenvalue weighted by Crippen LogP contribution is -2.37. The van der Waals surface area contributed by atoms with Gasteiger partial charge in [0.1, 0.15) is 31.3 Å². The molecule has 4 atom stereocenters. The van der Waals surface area contributed by atoms with Gasteiger partial charge in [0.25, 0.3) is 0 Å². The topological polar surface area (TPSA) is 162 Å². The van der Waals surface area contributed by atoms with Crippen LogP contribution in [0.1, 0.15) is 203 Å². The van der Waals surface area contributed by atoms with Gasteiger partial charge in [-0.1, -0.05) is 129 Å². The highest BCUT2D eigenvalue weighted by molar-refractivity contribution is 7.47. The maximum atomic E-state index is 12.8. The van der Waals surface area contributed by atoms with E-state index in [1.807, 2.05) is 27.2 Å². The molecule has 0 saturated heterocycles. The van der Waals surface area contributed by atoms with Gasteiger partial charge in [-0.25, -0.2) is 4.57 Å². The number of carbonyl (C=O) groups is 2. The first-order valence-electron chi connectivity index (χ1n) is 24.9. The minimum Gasteiger partial charge on any atom is -0.466 e. The molecule has 3 N–H and O–H groups in total. The van der Waals surface area contributed by atoms with Gasteiger partial charge in [-0.15, -0.1) is 0 Å². The van der Waals surface area contributed by atoms with Crippen molar-refractivity contribution in [2.45, 2.75) is 226 Å². The van der Waals surface area contributed by atoms with Crippen molar-refractivity contribution < 1.29 is 56.7 Å². The number of allylic oxidation sites excluding steroid dienone is 1. The molecule has 1 rings (SSSR count). The normalized spacial score (nSPS) is 14.5. The van der Waals surface area contributed by atoms with Crippen LogP contribution in [0.5, 0.6) is 0 Å². The third kappa shape index (κ3) is 32.3. The number of unbranched alkanes of at least 4 members (excludes halogenated alkanes) is 18. The van der Waals surface area contributed by atoms with Gasteiger partial charge in [0.2, 0.25) is 0 Å². The van der Waals surface area contributed by atoms with Crippen LogP contribution in [0.25, 0.3) is 0 Å². The van der Waals surface area contributed by atoms with Crippen molar-refractivity contribution in [3.63, 3.8) is 0 Å². The van der Waals surface area contributed by atoms with E-state index in [9.17, 15) is 29.3 Å². The van der Waals surface area contributed by atoms with Gasteiger partial charge in [0.15, 0.2) is 6.10 Å². The van der Waals surface area contributed by atoms with Gasteiger partial charge in [-0.2, -0.15) is 0 Å². The molecule has 0 aromatic carbocycles. The first-order chi connectivity index (χ1) is 30.1. The van der Waals surface area contributed by atoms with Gasteiger partial charge < -0.3 is 33.5 Å². The first kappa shape index (κ1) is 59.0. The molecule has 1 unspecified atom stereocenters. The Morgan fingerprint density at radius 1 is 0.651 bits per heavy atom. The molecule has 1 aromatic heterocycles. The highest BCUT2D eigenvalue weighted by Gasteiger charge is 2.27. The lowest BCUT2D eigenvalue weighted by atomic mass is 10.0. The zero-order chi connectivity index (χ0) is 46.8. The second-order valence-corrected chi connectivity index (χ2v) is 20.2. The van der Waals surface area contributed by atoms with Crippen LogP contribution in [0.4, 0.5) is 0 Å². The number of rotatable bonds is 42. The van der Waals surface area contributed by atoms with E-state index in [1.54, 1.807) is 0 Å². The molecule has 0 aliphatic rings. The molecule has 13 heteroatoms. The van der Waals surface area contributed by atoms with Gasteiger partial charge >= 0.3 is 19.8 Å². The Morgan fingerprint density at radius 2 is 1.16 bits per heavy atom. The Morgan fingerprint density at radius 3 is 1.73 bits per heavy atom. The number of furan rings is 1. The monoisotopic (exact) mass is 915 g/mol. The number of esters is 2. The fourth-order valence-corrected chi connectivity index (χ4v) is 8.08. The van der Waals surface area contributed by atoms with Crippen LogP contribution in [-0.2, 0) is 45.5 Å². The predicted molar refractivity (Wildman–Crippen MR) is 254 cm³/mol. The number of likely N-dealkylation sites (N-methyl/N-ethyl adjacent to an activating group) is 1. The maximum absolute atomic E-state index is 12.8. The minimum atomic E-state index is -4.42. The van der Waals surface area contributed by atoms with Crippen LogP contribution in [0.3, 0.4) is 0 Å². The van der Waals surface area contributed by atoms with Crippen molar-refractivity contribution in [3.05, 3.63) is 34.8 Å². The van der Waals surface area contributed by atoms with E-state index < -0.39 is 44.7 Å². The van der Waals surface area contributed by atoms with E-state index in [-0.39, 0.29) is 26.1 Å². The van der Waals surface area contributed by atoms with E-state index in [0.29, 0.717) is 36.7 Å². The fourth-order valence-electron chi connectivity index (χ4n) is 7.33. The van der Waals surface area contributed by atoms with Crippen molar-refractivity contribution in [2.75, 3.05) is 47.5 Å². The van der Waals surface area contributed by atoms with Crippen molar-refractivity contribution >= 4 is 19.8 Å². The SMILES string of the molecule is CCCCC/C=C\C[C@@H](O)[C@H](O)CCCCCCCC(=O)OC[C@H](COP(=O)(O)OCC[N+](C)(C)C)OC(=O)CCCCCCCCCCCCc1oc(CCCCC)c(C)c1C. The standard InChI is InChI=1S/C50H92NO11P/c1-8-10-12-13-21-27-32-45(52)46(53)33-28-22-20-25-30-36-49(54)58-40-44(41-60-63(56,57)59-39-38-51(5,6)7)61-50(55)37-31-24-19-17-15-14-16-18-23-29-35-48-43(4)42(3)47(62-48)34-26-11-9-2/h21,27,44-46,52-53H,8-20,22-26,28-41H2,1-7H3/p+1/b27-21-/t44-,45-,46-/m1/s1. The summed E-state index contributed by atoms with van der Waals surface area (Å²) in [5.41, 5.74) is 2.68. The second kappa shape index (κ2) is 36.1. The number of aryl methyl sites for hydroxylation is 2. The number of phosphoric ester groups is 1. The van der Waals surface area contributed by atoms with Crippen LogP contribution < -0.4 is 0 Å². The molecule has 0 bridgehead atoms. The third-order valence-electron chi connectivity index (χ3n) is 11.7. The average Bonchev–Trinajstić information content (AvgIpc) is 3.50. The number of nitrogens with zero attached hydrogens (tertiary/aromatic N) is 1. The number of quaternary nitrogens is 1. The molecule has 0 saturated carbocycles. The fraction of sp³-hybridized carbons (Fsp3) is 0.840. The molecule has 0 spiro atoms. The quantitative estimate of drug-likeness (QED) is 0.0188. The summed E-state index contributed by atoms with van der Waals surface area (Å²) in [5.74, 6) is 1.44. The summed E-state index contributed by atoms with van der Waals surface area (Å²) >= 11 is 0. The lowest BCUT2D eigenvalue weighted by molar-refractivity contribution is -0.870. The minimum absolute atomic E-state index is 0.00209. The Bertz CT molecular complexity index is 1390. The van der Waals surface area contributed by atoms with Crippen LogP contribution in [0, 0.1) is 13.8 Å². The van der Waals surface area contributed by atoms with Gasteiger partial charge in [-0.05, 0) is 76.3 Å². The lowest BCUT2D eigenvalue weighted by Gasteiger charge is -2.24. The predicted octanol–water partition coefficient (Wildman–Crippen LogP) is 11.7. The number of carbonyl (C=O) groups excluding carboxylic acids is 2. The van der Waals surface area contributed by atoms with E-state index in [1.165, 1.54) is 86.9 Å². The van der Waals surface area contributed by atoms with Gasteiger partial charge in [-0.3, -0.25) is 18.6 Å². The Labute approximate surface area is 383 Å². The van der Waals surface area contributed by atoms with Crippen molar-refractivity contribution in [3.8, 4) is 0 Å². The molecule has 0 amide bonds. The van der Waals surface area contributed by atoms with Gasteiger partial charge in [0, 0.05) is 25.7 Å². The van der Waals surface area contributed by atoms with Crippen LogP contribution >= 0.6 is 7.82 Å². The molecule has 368 valence electrons. The number of hydrogen-bond donors (Lipinski definition) is 3. The van der Waals surface area contributed by atoms with Crippen molar-refractivity contribution in [1.82, 2.24) is 0 Å². The summed E-state index contributed by atoms with van der Waals surface area (Å²) in [6.07, 6.45) is 28.1. The highest BCUT2D eigenvalue weighted by Crippen LogP contribution is 2.43. The summed E-state index contributed by atoms with van der Waals surface area (Å²) in [5, 5.41) is 20.5. The van der Waals surface area contributed by atoms with Crippen molar-refractivity contribution in [1.29, 1.82) is 0 Å². The molecular formula is C50H93NO11P+. The molecule has 0 aliphatic heterocycles. The van der Waals surface area contributed by atoms with E-state index >= 15 is 0 Å². The Balaban J connectivity index is 2.34. The molecule has 0 fully saturated rings. The largest absolute Gasteiger partial charge is 0.472 e. The van der Waals surface area contributed by atoms with Crippen molar-refractivity contribution in [2.24, 2.45) is 0 Å². The van der Waals surface area contributed by atoms with Gasteiger partial charge in [0.05, 0.1) is 40.0 Å². The summed E-state index contributed by atoms with van der Waals surface area (Å²) in [4.78, 5) is 35.6. The summed E-state index contributed by atoms with van der Waals surface area (Å²) in [6, 6.07) is 0. The molecular weight excluding hydrogens is 822 g/mol. The highest BCUT2D eigenvalue weighted by atomic mass is 31.2. The summed E-state index contributed by atoms with van der Waals surface area (Å²) < 4.78 is 40.6. The Kier molecular flexibility index (Phi) is 33.8. The second-order valence-electron chi connectivity index (χ2n) is 18.7. The number of aliphatic hydroxyl groups is 2. The third-order valence-corrected chi connectivity index (χ3v) is 12.7. The molecule has 0 aliphatic carbocycles. The van der Waals surface area contributed by atoms with Crippen LogP contribution in [0.15, 0.2) is 16.6 Å². The summed E-state index contributed by atoms with van der Waals surface area (Å²) in [6.45, 7) is 8.54. The number of aliphatic hydroxyl groups excluding tert-OH is 2. The molecule has 0 radical (unpaired) electrons. The number of phosphoric acid groups is 1. The molecule has 1 aromatic rings. The van der Waals surface area contributed by atoms with E-state index in [4.69, 9.17) is 22.9 Å². The van der Waals surface area contributed by atoms with Crippen LogP contribution in [-0.4, -0.2) is 97.3 Å².